The third-order valence-electron chi connectivity index (χ3n) is 6.14. The van der Waals surface area contributed by atoms with Gasteiger partial charge in [-0.3, -0.25) is 14.5 Å². The number of benzene rings is 1. The monoisotopic (exact) mass is 478 g/mol. The van der Waals surface area contributed by atoms with Gasteiger partial charge in [-0.25, -0.2) is 4.79 Å². The number of urea groups is 1. The molecule has 1 aromatic carbocycles. The minimum atomic E-state index is -4.66. The molecule has 4 amide bonds. The van der Waals surface area contributed by atoms with Crippen LogP contribution in [0.15, 0.2) is 48.2 Å². The number of amides is 4. The summed E-state index contributed by atoms with van der Waals surface area (Å²) >= 11 is 0. The third-order valence-corrected chi connectivity index (χ3v) is 6.14. The topological polar surface area (TPSA) is 82.2 Å². The summed E-state index contributed by atoms with van der Waals surface area (Å²) in [6, 6.07) is 3.02. The number of nitrogens with zero attached hydrogens (tertiary/aromatic N) is 3. The van der Waals surface area contributed by atoms with Crippen LogP contribution in [0.1, 0.15) is 23.6 Å². The number of hydrogen-bond donors (Lipinski definition) is 1. The van der Waals surface area contributed by atoms with Gasteiger partial charge < -0.3 is 19.9 Å². The van der Waals surface area contributed by atoms with Gasteiger partial charge in [0.1, 0.15) is 0 Å². The lowest BCUT2D eigenvalue weighted by Gasteiger charge is -2.33. The Labute approximate surface area is 194 Å². The standard InChI is InChI=1S/C23H25F3N4O4/c1-2-8-30-17-14-29(9-7-18(31)28-10-12-34-13-11-28)21(32)19(17)20(27-22(30)33)15-5-3-4-6-16(15)23(24,25)26/h2-6,20H,1,7-14H2,(H,27,33). The molecule has 4 rings (SSSR count). The van der Waals surface area contributed by atoms with Gasteiger partial charge in [-0.1, -0.05) is 24.3 Å². The van der Waals surface area contributed by atoms with Crippen molar-refractivity contribution in [2.75, 3.05) is 45.9 Å². The Kier molecular flexibility index (Phi) is 6.65. The molecule has 3 aliphatic rings. The highest BCUT2D eigenvalue weighted by Gasteiger charge is 2.46. The molecule has 0 radical (unpaired) electrons. The van der Waals surface area contributed by atoms with Gasteiger partial charge in [0, 0.05) is 32.6 Å². The van der Waals surface area contributed by atoms with Crippen LogP contribution in [0.5, 0.6) is 0 Å². The number of carbonyl (C=O) groups is 3. The zero-order chi connectivity index (χ0) is 24.5. The number of alkyl halides is 3. The molecule has 1 saturated heterocycles. The summed E-state index contributed by atoms with van der Waals surface area (Å²) in [5, 5.41) is 2.56. The lowest BCUT2D eigenvalue weighted by molar-refractivity contribution is -0.139. The Morgan fingerprint density at radius 1 is 1.21 bits per heavy atom. The first-order valence-corrected chi connectivity index (χ1v) is 10.9. The van der Waals surface area contributed by atoms with Crippen LogP contribution in [0.3, 0.4) is 0 Å². The molecule has 0 aliphatic carbocycles. The first-order chi connectivity index (χ1) is 16.2. The summed E-state index contributed by atoms with van der Waals surface area (Å²) in [5.41, 5.74) is -0.710. The van der Waals surface area contributed by atoms with Crippen LogP contribution in [-0.2, 0) is 20.5 Å². The van der Waals surface area contributed by atoms with Crippen molar-refractivity contribution in [3.05, 3.63) is 59.3 Å². The number of ether oxygens (including phenoxy) is 1. The zero-order valence-corrected chi connectivity index (χ0v) is 18.4. The number of carbonyl (C=O) groups excluding carboxylic acids is 3. The van der Waals surface area contributed by atoms with Crippen molar-refractivity contribution < 1.29 is 32.3 Å². The molecule has 1 N–H and O–H groups in total. The Balaban J connectivity index is 1.62. The van der Waals surface area contributed by atoms with Gasteiger partial charge in [0.25, 0.3) is 5.91 Å². The van der Waals surface area contributed by atoms with Crippen LogP contribution in [0.2, 0.25) is 0 Å². The van der Waals surface area contributed by atoms with Gasteiger partial charge in [0.05, 0.1) is 42.6 Å². The van der Waals surface area contributed by atoms with Crippen molar-refractivity contribution in [1.29, 1.82) is 0 Å². The van der Waals surface area contributed by atoms with Crippen LogP contribution in [0.25, 0.3) is 0 Å². The lowest BCUT2D eigenvalue weighted by Crippen LogP contribution is -2.47. The smallest absolute Gasteiger partial charge is 0.378 e. The molecular formula is C23H25F3N4O4. The minimum absolute atomic E-state index is 0.0243. The van der Waals surface area contributed by atoms with Crippen LogP contribution in [-0.4, -0.2) is 78.5 Å². The van der Waals surface area contributed by atoms with Gasteiger partial charge in [-0.2, -0.15) is 13.2 Å². The number of nitrogens with one attached hydrogen (secondary N) is 1. The van der Waals surface area contributed by atoms with E-state index in [4.69, 9.17) is 4.74 Å². The maximum atomic E-state index is 13.7. The largest absolute Gasteiger partial charge is 0.416 e. The van der Waals surface area contributed by atoms with Crippen LogP contribution in [0, 0.1) is 0 Å². The summed E-state index contributed by atoms with van der Waals surface area (Å²) in [6.45, 7) is 5.68. The van der Waals surface area contributed by atoms with Crippen molar-refractivity contribution in [2.24, 2.45) is 0 Å². The third kappa shape index (κ3) is 4.52. The first kappa shape index (κ1) is 23.8. The average Bonchev–Trinajstić information content (AvgIpc) is 3.15. The van der Waals surface area contributed by atoms with Crippen molar-refractivity contribution in [3.8, 4) is 0 Å². The van der Waals surface area contributed by atoms with E-state index in [0.29, 0.717) is 32.0 Å². The SMILES string of the molecule is C=CCN1C(=O)NC(c2ccccc2C(F)(F)F)C2=C1CN(CCC(=O)N1CCOCC1)C2=O. The summed E-state index contributed by atoms with van der Waals surface area (Å²) in [6.07, 6.45) is -3.12. The fourth-order valence-corrected chi connectivity index (χ4v) is 4.49. The summed E-state index contributed by atoms with van der Waals surface area (Å²) in [7, 11) is 0. The van der Waals surface area contributed by atoms with Gasteiger partial charge in [0.15, 0.2) is 0 Å². The highest BCUT2D eigenvalue weighted by atomic mass is 19.4. The second-order valence-corrected chi connectivity index (χ2v) is 8.20. The molecule has 8 nitrogen and oxygen atoms in total. The predicted molar refractivity (Wildman–Crippen MR) is 115 cm³/mol. The molecule has 34 heavy (non-hydrogen) atoms. The van der Waals surface area contributed by atoms with Crippen LogP contribution in [0.4, 0.5) is 18.0 Å². The number of halogens is 3. The maximum absolute atomic E-state index is 13.7. The van der Waals surface area contributed by atoms with Crippen LogP contribution >= 0.6 is 0 Å². The Morgan fingerprint density at radius 3 is 2.59 bits per heavy atom. The molecule has 1 atom stereocenters. The van der Waals surface area contributed by atoms with E-state index >= 15 is 0 Å². The predicted octanol–water partition coefficient (Wildman–Crippen LogP) is 2.30. The van der Waals surface area contributed by atoms with Gasteiger partial charge in [0.2, 0.25) is 5.91 Å². The van der Waals surface area contributed by atoms with Gasteiger partial charge in [-0.05, 0) is 11.6 Å². The van der Waals surface area contributed by atoms with Crippen LogP contribution < -0.4 is 5.32 Å². The van der Waals surface area contributed by atoms with E-state index in [0.717, 1.165) is 6.07 Å². The van der Waals surface area contributed by atoms with E-state index < -0.39 is 29.7 Å². The molecule has 0 spiro atoms. The molecular weight excluding hydrogens is 453 g/mol. The Bertz CT molecular complexity index is 1030. The van der Waals surface area contributed by atoms with E-state index in [2.05, 4.69) is 11.9 Å². The first-order valence-electron chi connectivity index (χ1n) is 10.9. The second-order valence-electron chi connectivity index (χ2n) is 8.20. The molecule has 182 valence electrons. The fourth-order valence-electron chi connectivity index (χ4n) is 4.49. The van der Waals surface area contributed by atoms with Crippen molar-refractivity contribution in [1.82, 2.24) is 20.0 Å². The van der Waals surface area contributed by atoms with E-state index in [1.165, 1.54) is 34.1 Å². The summed E-state index contributed by atoms with van der Waals surface area (Å²) in [4.78, 5) is 43.1. The zero-order valence-electron chi connectivity index (χ0n) is 18.4. The van der Waals surface area contributed by atoms with Gasteiger partial charge >= 0.3 is 12.2 Å². The minimum Gasteiger partial charge on any atom is -0.378 e. The van der Waals surface area contributed by atoms with E-state index in [1.807, 2.05) is 0 Å². The van der Waals surface area contributed by atoms with Crippen molar-refractivity contribution >= 4 is 17.8 Å². The molecule has 1 aromatic rings. The van der Waals surface area contributed by atoms with E-state index in [-0.39, 0.29) is 43.1 Å². The van der Waals surface area contributed by atoms with E-state index in [1.54, 1.807) is 4.90 Å². The maximum Gasteiger partial charge on any atom is 0.416 e. The lowest BCUT2D eigenvalue weighted by atomic mass is 9.91. The number of hydrogen-bond acceptors (Lipinski definition) is 4. The average molecular weight is 478 g/mol. The van der Waals surface area contributed by atoms with E-state index in [9.17, 15) is 27.6 Å². The second kappa shape index (κ2) is 9.49. The fraction of sp³-hybridized carbons (Fsp3) is 0.435. The molecule has 3 aliphatic heterocycles. The Hall–Kier alpha value is -3.34. The Morgan fingerprint density at radius 2 is 1.91 bits per heavy atom. The number of morpholine rings is 1. The summed E-state index contributed by atoms with van der Waals surface area (Å²) < 4.78 is 46.4. The molecule has 1 fully saturated rings. The molecule has 11 heteroatoms. The normalized spacial score (nSPS) is 21.0. The van der Waals surface area contributed by atoms with Crippen molar-refractivity contribution in [2.45, 2.75) is 18.6 Å². The molecule has 1 unspecified atom stereocenters. The molecule has 0 aromatic heterocycles. The summed E-state index contributed by atoms with van der Waals surface area (Å²) in [5.74, 6) is -0.627. The van der Waals surface area contributed by atoms with Crippen molar-refractivity contribution in [3.63, 3.8) is 0 Å². The highest BCUT2D eigenvalue weighted by molar-refractivity contribution is 6.01. The quantitative estimate of drug-likeness (QED) is 0.637. The molecule has 3 heterocycles. The van der Waals surface area contributed by atoms with Gasteiger partial charge in [-0.15, -0.1) is 6.58 Å². The molecule has 0 bridgehead atoms. The molecule has 0 saturated carbocycles. The number of rotatable bonds is 6. The highest BCUT2D eigenvalue weighted by Crippen LogP contribution is 2.41.